The molecule has 0 saturated carbocycles. The van der Waals surface area contributed by atoms with Gasteiger partial charge in [-0.3, -0.25) is 9.59 Å². The van der Waals surface area contributed by atoms with Gasteiger partial charge in [0.25, 0.3) is 0 Å². The zero-order valence-electron chi connectivity index (χ0n) is 10.8. The number of para-hydroxylation sites is 1. The van der Waals surface area contributed by atoms with Gasteiger partial charge in [0.15, 0.2) is 11.6 Å². The smallest absolute Gasteiger partial charge is 0.191 e. The molecular weight excluding hydrogens is 250 g/mol. The summed E-state index contributed by atoms with van der Waals surface area (Å²) in [7, 11) is 0. The van der Waals surface area contributed by atoms with Crippen molar-refractivity contribution in [3.05, 3.63) is 77.4 Å². The first-order valence-corrected chi connectivity index (χ1v) is 6.43. The van der Waals surface area contributed by atoms with Gasteiger partial charge in [0, 0.05) is 28.9 Å². The van der Waals surface area contributed by atoms with Gasteiger partial charge in [-0.25, -0.2) is 0 Å². The van der Waals surface area contributed by atoms with E-state index in [1.165, 1.54) is 6.08 Å². The Morgan fingerprint density at radius 3 is 2.20 bits per heavy atom. The molecule has 3 nitrogen and oxygen atoms in total. The minimum absolute atomic E-state index is 0.0800. The van der Waals surface area contributed by atoms with Gasteiger partial charge in [0.05, 0.1) is 0 Å². The van der Waals surface area contributed by atoms with Crippen LogP contribution in [0.15, 0.2) is 66.2 Å². The van der Waals surface area contributed by atoms with Crippen LogP contribution >= 0.6 is 0 Å². The summed E-state index contributed by atoms with van der Waals surface area (Å²) < 4.78 is 0. The first kappa shape index (κ1) is 12.4. The third kappa shape index (κ3) is 2.26. The number of benzene rings is 2. The van der Waals surface area contributed by atoms with E-state index in [1.807, 2.05) is 30.3 Å². The lowest BCUT2D eigenvalue weighted by Crippen LogP contribution is -2.21. The van der Waals surface area contributed by atoms with E-state index in [2.05, 4.69) is 5.32 Å². The van der Waals surface area contributed by atoms with Gasteiger partial charge in [0.1, 0.15) is 0 Å². The van der Waals surface area contributed by atoms with Crippen LogP contribution < -0.4 is 5.32 Å². The summed E-state index contributed by atoms with van der Waals surface area (Å²) in [5.74, 6) is -0.186. The van der Waals surface area contributed by atoms with Crippen LogP contribution in [-0.4, -0.2) is 18.1 Å². The van der Waals surface area contributed by atoms with Gasteiger partial charge in [-0.05, 0) is 18.2 Å². The van der Waals surface area contributed by atoms with Crippen molar-refractivity contribution < 1.29 is 9.59 Å². The Labute approximate surface area is 116 Å². The quantitative estimate of drug-likeness (QED) is 0.925. The second kappa shape index (κ2) is 5.13. The lowest BCUT2D eigenvalue weighted by molar-refractivity contribution is 0.0984. The molecule has 0 fully saturated rings. The van der Waals surface area contributed by atoms with Crippen molar-refractivity contribution in [1.29, 1.82) is 0 Å². The number of hydrogen-bond donors (Lipinski definition) is 1. The van der Waals surface area contributed by atoms with Crippen LogP contribution in [0.2, 0.25) is 0 Å². The lowest BCUT2D eigenvalue weighted by Gasteiger charge is -2.15. The van der Waals surface area contributed by atoms with Gasteiger partial charge in [-0.2, -0.15) is 0 Å². The molecule has 98 valence electrons. The number of carbonyl (C=O) groups excluding carboxylic acids is 2. The molecule has 2 aromatic carbocycles. The van der Waals surface area contributed by atoms with Gasteiger partial charge in [-0.15, -0.1) is 0 Å². The van der Waals surface area contributed by atoms with Crippen molar-refractivity contribution in [2.45, 2.75) is 0 Å². The maximum atomic E-state index is 12.3. The number of ketones is 2. The van der Waals surface area contributed by atoms with Gasteiger partial charge in [-0.1, -0.05) is 42.5 Å². The molecule has 2 aromatic rings. The first-order valence-electron chi connectivity index (χ1n) is 6.43. The highest BCUT2D eigenvalue weighted by atomic mass is 16.1. The highest BCUT2D eigenvalue weighted by molar-refractivity contribution is 6.24. The largest absolute Gasteiger partial charge is 0.381 e. The third-order valence-corrected chi connectivity index (χ3v) is 3.29. The molecule has 0 saturated heterocycles. The molecule has 3 heteroatoms. The summed E-state index contributed by atoms with van der Waals surface area (Å²) in [6.45, 7) is 0.350. The van der Waals surface area contributed by atoms with Crippen molar-refractivity contribution in [2.75, 3.05) is 11.9 Å². The Morgan fingerprint density at radius 1 is 0.800 bits per heavy atom. The molecular formula is C17H13NO2. The van der Waals surface area contributed by atoms with Crippen LogP contribution in [0.3, 0.4) is 0 Å². The summed E-state index contributed by atoms with van der Waals surface area (Å²) in [6.07, 6.45) is 1.43. The van der Waals surface area contributed by atoms with E-state index < -0.39 is 0 Å². The number of carbonyl (C=O) groups is 2. The number of fused-ring (bicyclic) bond motifs is 1. The topological polar surface area (TPSA) is 46.2 Å². The summed E-state index contributed by atoms with van der Waals surface area (Å²) in [5, 5.41) is 3.15. The van der Waals surface area contributed by atoms with E-state index >= 15 is 0 Å². The SMILES string of the molecule is O=C1C=C(CNc2ccccc2)C(=O)c2ccccc21. The van der Waals surface area contributed by atoms with Crippen molar-refractivity contribution in [2.24, 2.45) is 0 Å². The predicted molar refractivity (Wildman–Crippen MR) is 78.1 cm³/mol. The number of anilines is 1. The molecule has 1 N–H and O–H groups in total. The molecule has 1 aliphatic carbocycles. The van der Waals surface area contributed by atoms with E-state index in [4.69, 9.17) is 0 Å². The van der Waals surface area contributed by atoms with Crippen LogP contribution in [0.4, 0.5) is 5.69 Å². The fourth-order valence-electron chi connectivity index (χ4n) is 2.26. The van der Waals surface area contributed by atoms with Crippen LogP contribution in [0, 0.1) is 0 Å². The van der Waals surface area contributed by atoms with Crippen molar-refractivity contribution in [1.82, 2.24) is 0 Å². The second-order valence-corrected chi connectivity index (χ2v) is 4.63. The maximum absolute atomic E-state index is 12.3. The Balaban J connectivity index is 1.82. The number of Topliss-reactive ketones (excluding diaryl/α,β-unsaturated/α-hetero) is 1. The fraction of sp³-hybridized carbons (Fsp3) is 0.0588. The van der Waals surface area contributed by atoms with Crippen LogP contribution in [0.1, 0.15) is 20.7 Å². The van der Waals surface area contributed by atoms with E-state index in [1.54, 1.807) is 24.3 Å². The molecule has 0 heterocycles. The van der Waals surface area contributed by atoms with Crippen LogP contribution in [-0.2, 0) is 0 Å². The number of allylic oxidation sites excluding steroid dienone is 1. The zero-order chi connectivity index (χ0) is 13.9. The lowest BCUT2D eigenvalue weighted by atomic mass is 9.89. The molecule has 1 aliphatic rings. The first-order chi connectivity index (χ1) is 9.75. The highest BCUT2D eigenvalue weighted by Gasteiger charge is 2.24. The Hall–Kier alpha value is -2.68. The molecule has 0 unspecified atom stereocenters. The number of rotatable bonds is 3. The average molecular weight is 263 g/mol. The minimum atomic E-state index is -0.106. The summed E-state index contributed by atoms with van der Waals surface area (Å²) in [6, 6.07) is 16.5. The van der Waals surface area contributed by atoms with E-state index in [9.17, 15) is 9.59 Å². The monoisotopic (exact) mass is 263 g/mol. The third-order valence-electron chi connectivity index (χ3n) is 3.29. The molecule has 20 heavy (non-hydrogen) atoms. The number of hydrogen-bond acceptors (Lipinski definition) is 3. The van der Waals surface area contributed by atoms with Gasteiger partial charge in [0.2, 0.25) is 0 Å². The van der Waals surface area contributed by atoms with E-state index in [0.717, 1.165) is 5.69 Å². The standard InChI is InChI=1S/C17H13NO2/c19-16-10-12(11-18-13-6-2-1-3-7-13)17(20)15-9-5-4-8-14(15)16/h1-10,18H,11H2. The molecule has 0 aliphatic heterocycles. The maximum Gasteiger partial charge on any atom is 0.191 e. The second-order valence-electron chi connectivity index (χ2n) is 4.63. The summed E-state index contributed by atoms with van der Waals surface area (Å²) in [4.78, 5) is 24.3. The molecule has 0 aromatic heterocycles. The van der Waals surface area contributed by atoms with Gasteiger partial charge < -0.3 is 5.32 Å². The normalized spacial score (nSPS) is 13.7. The Morgan fingerprint density at radius 2 is 1.45 bits per heavy atom. The molecule has 3 rings (SSSR count). The summed E-state index contributed by atoms with van der Waals surface area (Å²) in [5.41, 5.74) is 2.40. The molecule has 0 atom stereocenters. The molecule has 0 amide bonds. The molecule has 0 bridgehead atoms. The van der Waals surface area contributed by atoms with Crippen molar-refractivity contribution in [3.8, 4) is 0 Å². The van der Waals surface area contributed by atoms with Gasteiger partial charge >= 0.3 is 0 Å². The van der Waals surface area contributed by atoms with E-state index in [0.29, 0.717) is 23.2 Å². The van der Waals surface area contributed by atoms with Crippen molar-refractivity contribution >= 4 is 17.3 Å². The fourth-order valence-corrected chi connectivity index (χ4v) is 2.26. The number of nitrogens with one attached hydrogen (secondary N) is 1. The summed E-state index contributed by atoms with van der Waals surface area (Å²) >= 11 is 0. The predicted octanol–water partition coefficient (Wildman–Crippen LogP) is 3.10. The average Bonchev–Trinajstić information content (AvgIpc) is 2.50. The zero-order valence-corrected chi connectivity index (χ0v) is 10.8. The molecule has 0 radical (unpaired) electrons. The molecule has 0 spiro atoms. The minimum Gasteiger partial charge on any atom is -0.381 e. The highest BCUT2D eigenvalue weighted by Crippen LogP contribution is 2.21. The Kier molecular flexibility index (Phi) is 3.17. The van der Waals surface area contributed by atoms with Crippen molar-refractivity contribution in [3.63, 3.8) is 0 Å². The van der Waals surface area contributed by atoms with Crippen LogP contribution in [0.5, 0.6) is 0 Å². The van der Waals surface area contributed by atoms with Crippen LogP contribution in [0.25, 0.3) is 0 Å². The Bertz CT molecular complexity index is 702. The van der Waals surface area contributed by atoms with E-state index in [-0.39, 0.29) is 11.6 Å².